The van der Waals surface area contributed by atoms with Gasteiger partial charge in [-0.3, -0.25) is 4.79 Å². The summed E-state index contributed by atoms with van der Waals surface area (Å²) in [5.41, 5.74) is 2.11. The zero-order valence-electron chi connectivity index (χ0n) is 16.4. The summed E-state index contributed by atoms with van der Waals surface area (Å²) in [4.78, 5) is 30.7. The number of carbonyl (C=O) groups excluding carboxylic acids is 2. The summed E-state index contributed by atoms with van der Waals surface area (Å²) < 4.78 is 5.14. The molecule has 0 fully saturated rings. The van der Waals surface area contributed by atoms with Crippen LogP contribution in [0.1, 0.15) is 49.7 Å². The molecule has 28 heavy (non-hydrogen) atoms. The normalized spacial score (nSPS) is 21.0. The van der Waals surface area contributed by atoms with E-state index in [1.807, 2.05) is 19.1 Å². The standard InChI is InChI=1S/C21H24ClN3O3/c1-5-28-21(27)15-6-8-18-17(10-15)20(12(2)13(3)25(18)14(4)26)24-19-9-7-16(22)11-23-19/h6-13,20H,5H2,1-4H3,(H,23,24)/t12-,13-,20+/m0/s1. The maximum atomic E-state index is 12.3. The van der Waals surface area contributed by atoms with Gasteiger partial charge in [0, 0.05) is 30.8 Å². The van der Waals surface area contributed by atoms with E-state index in [-0.39, 0.29) is 29.9 Å². The maximum absolute atomic E-state index is 12.3. The summed E-state index contributed by atoms with van der Waals surface area (Å²) in [5.74, 6) is 0.338. The molecule has 2 aromatic rings. The fourth-order valence-electron chi connectivity index (χ4n) is 3.67. The van der Waals surface area contributed by atoms with Crippen LogP contribution in [-0.2, 0) is 9.53 Å². The minimum Gasteiger partial charge on any atom is -0.462 e. The molecule has 0 radical (unpaired) electrons. The molecule has 0 saturated heterocycles. The van der Waals surface area contributed by atoms with Crippen LogP contribution in [-0.4, -0.2) is 29.5 Å². The summed E-state index contributed by atoms with van der Waals surface area (Å²) in [7, 11) is 0. The minimum atomic E-state index is -0.380. The van der Waals surface area contributed by atoms with Crippen molar-refractivity contribution < 1.29 is 14.3 Å². The van der Waals surface area contributed by atoms with Crippen LogP contribution in [0.25, 0.3) is 0 Å². The zero-order chi connectivity index (χ0) is 20.4. The quantitative estimate of drug-likeness (QED) is 0.766. The highest BCUT2D eigenvalue weighted by Crippen LogP contribution is 2.42. The van der Waals surface area contributed by atoms with Crippen molar-refractivity contribution in [1.29, 1.82) is 0 Å². The number of esters is 1. The first kappa shape index (κ1) is 20.1. The second-order valence-corrected chi connectivity index (χ2v) is 7.40. The van der Waals surface area contributed by atoms with E-state index in [0.29, 0.717) is 23.0 Å². The molecular formula is C21H24ClN3O3. The number of pyridine rings is 1. The molecule has 0 spiro atoms. The van der Waals surface area contributed by atoms with Crippen LogP contribution in [0.15, 0.2) is 36.5 Å². The van der Waals surface area contributed by atoms with Crippen molar-refractivity contribution in [2.24, 2.45) is 5.92 Å². The number of halogens is 1. The second-order valence-electron chi connectivity index (χ2n) is 6.97. The number of nitrogens with zero attached hydrogens (tertiary/aromatic N) is 2. The Bertz CT molecular complexity index is 885. The molecular weight excluding hydrogens is 378 g/mol. The molecule has 2 heterocycles. The van der Waals surface area contributed by atoms with Gasteiger partial charge in [-0.05, 0) is 49.7 Å². The van der Waals surface area contributed by atoms with Crippen LogP contribution in [0.4, 0.5) is 11.5 Å². The van der Waals surface area contributed by atoms with Crippen LogP contribution >= 0.6 is 11.6 Å². The topological polar surface area (TPSA) is 71.5 Å². The SMILES string of the molecule is CCOC(=O)c1ccc2c(c1)[C@H](Nc1ccc(Cl)cn1)[C@@H](C)[C@H](C)N2C(C)=O. The first-order chi connectivity index (χ1) is 13.3. The number of anilines is 2. The van der Waals surface area contributed by atoms with Crippen molar-refractivity contribution in [3.63, 3.8) is 0 Å². The van der Waals surface area contributed by atoms with Gasteiger partial charge < -0.3 is 15.0 Å². The Kier molecular flexibility index (Phi) is 5.89. The molecule has 7 heteroatoms. The monoisotopic (exact) mass is 401 g/mol. The third kappa shape index (κ3) is 3.83. The van der Waals surface area contributed by atoms with Gasteiger partial charge in [0.15, 0.2) is 0 Å². The van der Waals surface area contributed by atoms with Crippen molar-refractivity contribution in [2.45, 2.75) is 39.8 Å². The van der Waals surface area contributed by atoms with Crippen molar-refractivity contribution in [3.05, 3.63) is 52.7 Å². The van der Waals surface area contributed by atoms with Gasteiger partial charge in [-0.25, -0.2) is 9.78 Å². The number of aromatic nitrogens is 1. The predicted molar refractivity (Wildman–Crippen MR) is 110 cm³/mol. The number of benzene rings is 1. The molecule has 148 valence electrons. The molecule has 0 unspecified atom stereocenters. The first-order valence-corrected chi connectivity index (χ1v) is 9.70. The van der Waals surface area contributed by atoms with Crippen LogP contribution < -0.4 is 10.2 Å². The lowest BCUT2D eigenvalue weighted by Gasteiger charge is -2.44. The summed E-state index contributed by atoms with van der Waals surface area (Å²) in [5, 5.41) is 4.00. The number of hydrogen-bond acceptors (Lipinski definition) is 5. The second kappa shape index (κ2) is 8.19. The molecule has 1 N–H and O–H groups in total. The Morgan fingerprint density at radius 1 is 1.25 bits per heavy atom. The Balaban J connectivity index is 2.07. The van der Waals surface area contributed by atoms with Crippen molar-refractivity contribution in [3.8, 4) is 0 Å². The largest absolute Gasteiger partial charge is 0.462 e. The number of carbonyl (C=O) groups is 2. The Morgan fingerprint density at radius 2 is 2.00 bits per heavy atom. The molecule has 0 saturated carbocycles. The van der Waals surface area contributed by atoms with Gasteiger partial charge in [0.25, 0.3) is 0 Å². The average Bonchev–Trinajstić information content (AvgIpc) is 2.66. The van der Waals surface area contributed by atoms with E-state index in [1.165, 1.54) is 0 Å². The van der Waals surface area contributed by atoms with Crippen molar-refractivity contribution >= 4 is 35.0 Å². The van der Waals surface area contributed by atoms with Gasteiger partial charge in [-0.1, -0.05) is 18.5 Å². The molecule has 3 rings (SSSR count). The van der Waals surface area contributed by atoms with Gasteiger partial charge in [-0.2, -0.15) is 0 Å². The van der Waals surface area contributed by atoms with Gasteiger partial charge >= 0.3 is 5.97 Å². The lowest BCUT2D eigenvalue weighted by Crippen LogP contribution is -2.48. The van der Waals surface area contributed by atoms with Crippen LogP contribution in [0.5, 0.6) is 0 Å². The number of rotatable bonds is 4. The van der Waals surface area contributed by atoms with Gasteiger partial charge in [0.05, 0.1) is 23.2 Å². The highest BCUT2D eigenvalue weighted by Gasteiger charge is 2.38. The lowest BCUT2D eigenvalue weighted by molar-refractivity contribution is -0.117. The van der Waals surface area contributed by atoms with E-state index < -0.39 is 0 Å². The van der Waals surface area contributed by atoms with Crippen LogP contribution in [0.3, 0.4) is 0 Å². The number of amides is 1. The molecule has 0 aliphatic carbocycles. The number of fused-ring (bicyclic) bond motifs is 1. The smallest absolute Gasteiger partial charge is 0.338 e. The minimum absolute atomic E-state index is 0.0248. The molecule has 3 atom stereocenters. The molecule has 1 amide bonds. The molecule has 1 aliphatic heterocycles. The summed E-state index contributed by atoms with van der Waals surface area (Å²) >= 11 is 5.94. The fraction of sp³-hybridized carbons (Fsp3) is 0.381. The Labute approximate surface area is 169 Å². The number of nitrogens with one attached hydrogen (secondary N) is 1. The summed E-state index contributed by atoms with van der Waals surface area (Å²) in [6.45, 7) is 7.74. The average molecular weight is 402 g/mol. The number of ether oxygens (including phenoxy) is 1. The van der Waals surface area contributed by atoms with Crippen molar-refractivity contribution in [1.82, 2.24) is 4.98 Å². The third-order valence-corrected chi connectivity index (χ3v) is 5.42. The molecule has 0 bridgehead atoms. The van der Waals surface area contributed by atoms with E-state index in [0.717, 1.165) is 11.3 Å². The lowest BCUT2D eigenvalue weighted by atomic mass is 9.82. The summed E-state index contributed by atoms with van der Waals surface area (Å²) in [6, 6.07) is 8.74. The highest BCUT2D eigenvalue weighted by atomic mass is 35.5. The van der Waals surface area contributed by atoms with Crippen LogP contribution in [0.2, 0.25) is 5.02 Å². The Hall–Kier alpha value is -2.60. The predicted octanol–water partition coefficient (Wildman–Crippen LogP) is 4.46. The van der Waals surface area contributed by atoms with Gasteiger partial charge in [-0.15, -0.1) is 0 Å². The molecule has 1 aromatic carbocycles. The van der Waals surface area contributed by atoms with Crippen molar-refractivity contribution in [2.75, 3.05) is 16.8 Å². The van der Waals surface area contributed by atoms with E-state index in [2.05, 4.69) is 17.2 Å². The molecule has 6 nitrogen and oxygen atoms in total. The zero-order valence-corrected chi connectivity index (χ0v) is 17.2. The van der Waals surface area contributed by atoms with E-state index in [4.69, 9.17) is 16.3 Å². The van der Waals surface area contributed by atoms with E-state index in [1.54, 1.807) is 43.1 Å². The third-order valence-electron chi connectivity index (χ3n) is 5.20. The fourth-order valence-corrected chi connectivity index (χ4v) is 3.78. The Morgan fingerprint density at radius 3 is 2.61 bits per heavy atom. The first-order valence-electron chi connectivity index (χ1n) is 9.32. The van der Waals surface area contributed by atoms with E-state index in [9.17, 15) is 9.59 Å². The molecule has 1 aromatic heterocycles. The van der Waals surface area contributed by atoms with Crippen LogP contribution in [0, 0.1) is 5.92 Å². The molecule has 1 aliphatic rings. The number of hydrogen-bond donors (Lipinski definition) is 1. The maximum Gasteiger partial charge on any atom is 0.338 e. The highest BCUT2D eigenvalue weighted by molar-refractivity contribution is 6.30. The van der Waals surface area contributed by atoms with Gasteiger partial charge in [0.2, 0.25) is 5.91 Å². The summed E-state index contributed by atoms with van der Waals surface area (Å²) in [6.07, 6.45) is 1.58. The van der Waals surface area contributed by atoms with E-state index >= 15 is 0 Å². The van der Waals surface area contributed by atoms with Gasteiger partial charge in [0.1, 0.15) is 5.82 Å².